The van der Waals surface area contributed by atoms with Gasteiger partial charge in [0, 0.05) is 22.4 Å². The summed E-state index contributed by atoms with van der Waals surface area (Å²) < 4.78 is 23.4. The predicted molar refractivity (Wildman–Crippen MR) is 64.1 cm³/mol. The summed E-state index contributed by atoms with van der Waals surface area (Å²) in [6.07, 6.45) is 1.06. The Bertz CT molecular complexity index is 526. The van der Waals surface area contributed by atoms with E-state index in [-0.39, 0.29) is 11.3 Å². The molecule has 88 valence electrons. The number of nitrogens with zero attached hydrogens (tertiary/aromatic N) is 1. The maximum absolute atomic E-state index is 11.4. The van der Waals surface area contributed by atoms with Gasteiger partial charge in [0.2, 0.25) is 0 Å². The summed E-state index contributed by atoms with van der Waals surface area (Å²) in [5.74, 6) is 0. The second kappa shape index (κ2) is 4.50. The van der Waals surface area contributed by atoms with Crippen molar-refractivity contribution in [2.45, 2.75) is 12.2 Å². The van der Waals surface area contributed by atoms with E-state index >= 15 is 0 Å². The van der Waals surface area contributed by atoms with Crippen LogP contribution < -0.4 is 0 Å². The molecule has 0 aliphatic rings. The van der Waals surface area contributed by atoms with Crippen molar-refractivity contribution in [2.24, 2.45) is 0 Å². The molecule has 0 radical (unpaired) electrons. The molecular formula is C9H10BrNO4S. The number of halogens is 1. The third kappa shape index (κ3) is 2.79. The van der Waals surface area contributed by atoms with Gasteiger partial charge in [-0.1, -0.05) is 15.9 Å². The average molecular weight is 308 g/mol. The molecule has 0 aliphatic heterocycles. The van der Waals surface area contributed by atoms with Crippen LogP contribution in [0.15, 0.2) is 22.7 Å². The van der Waals surface area contributed by atoms with Crippen LogP contribution in [0.4, 0.5) is 5.69 Å². The van der Waals surface area contributed by atoms with Gasteiger partial charge in [0.25, 0.3) is 5.69 Å². The zero-order valence-electron chi connectivity index (χ0n) is 8.68. The number of sulfone groups is 1. The van der Waals surface area contributed by atoms with Crippen LogP contribution in [0.2, 0.25) is 0 Å². The third-order valence-electron chi connectivity index (χ3n) is 2.27. The first kappa shape index (κ1) is 13.1. The molecule has 0 spiro atoms. The van der Waals surface area contributed by atoms with Crippen molar-refractivity contribution >= 4 is 31.5 Å². The minimum Gasteiger partial charge on any atom is -0.258 e. The number of nitro benzene ring substituents is 1. The van der Waals surface area contributed by atoms with Crippen molar-refractivity contribution in [3.05, 3.63) is 38.3 Å². The normalized spacial score (nSPS) is 13.4. The highest BCUT2D eigenvalue weighted by molar-refractivity contribution is 9.10. The fourth-order valence-corrected chi connectivity index (χ4v) is 2.28. The first-order chi connectivity index (χ1) is 7.23. The summed E-state index contributed by atoms with van der Waals surface area (Å²) >= 11 is 3.16. The minimum atomic E-state index is -3.35. The standard InChI is InChI=1S/C9H10BrNO4S/c1-6(16(2,14)15)8-5-7(10)3-4-9(8)11(12)13/h3-6H,1-2H3. The fraction of sp³-hybridized carbons (Fsp3) is 0.333. The van der Waals surface area contributed by atoms with Crippen molar-refractivity contribution in [3.8, 4) is 0 Å². The lowest BCUT2D eigenvalue weighted by Gasteiger charge is -2.10. The summed E-state index contributed by atoms with van der Waals surface area (Å²) in [5.41, 5.74) is 0.0167. The monoisotopic (exact) mass is 307 g/mol. The van der Waals surface area contributed by atoms with E-state index in [1.807, 2.05) is 0 Å². The molecule has 1 unspecified atom stereocenters. The van der Waals surface area contributed by atoms with Gasteiger partial charge in [0.1, 0.15) is 0 Å². The molecule has 0 fully saturated rings. The van der Waals surface area contributed by atoms with Gasteiger partial charge in [-0.2, -0.15) is 0 Å². The van der Waals surface area contributed by atoms with Crippen LogP contribution in [-0.4, -0.2) is 19.6 Å². The minimum absolute atomic E-state index is 0.180. The summed E-state index contributed by atoms with van der Waals surface area (Å²) in [6, 6.07) is 4.27. The van der Waals surface area contributed by atoms with Gasteiger partial charge in [-0.3, -0.25) is 10.1 Å². The second-order valence-corrected chi connectivity index (χ2v) is 6.71. The molecular weight excluding hydrogens is 298 g/mol. The van der Waals surface area contributed by atoms with Crippen molar-refractivity contribution in [1.82, 2.24) is 0 Å². The van der Waals surface area contributed by atoms with E-state index in [2.05, 4.69) is 15.9 Å². The summed E-state index contributed by atoms with van der Waals surface area (Å²) in [4.78, 5) is 10.2. The molecule has 7 heteroatoms. The molecule has 0 bridgehead atoms. The molecule has 1 rings (SSSR count). The van der Waals surface area contributed by atoms with Gasteiger partial charge in [0.05, 0.1) is 10.2 Å². The first-order valence-electron chi connectivity index (χ1n) is 4.36. The molecule has 5 nitrogen and oxygen atoms in total. The summed E-state index contributed by atoms with van der Waals surface area (Å²) in [6.45, 7) is 1.43. The molecule has 0 amide bonds. The van der Waals surface area contributed by atoms with Gasteiger partial charge in [0.15, 0.2) is 9.84 Å². The topological polar surface area (TPSA) is 77.3 Å². The second-order valence-electron chi connectivity index (χ2n) is 3.43. The lowest BCUT2D eigenvalue weighted by molar-refractivity contribution is -0.385. The largest absolute Gasteiger partial charge is 0.273 e. The lowest BCUT2D eigenvalue weighted by Crippen LogP contribution is -2.09. The molecule has 1 aromatic rings. The smallest absolute Gasteiger partial charge is 0.258 e. The van der Waals surface area contributed by atoms with Crippen molar-refractivity contribution in [3.63, 3.8) is 0 Å². The Morgan fingerprint density at radius 2 is 2.00 bits per heavy atom. The highest BCUT2D eigenvalue weighted by Crippen LogP contribution is 2.32. The van der Waals surface area contributed by atoms with Crippen molar-refractivity contribution < 1.29 is 13.3 Å². The maximum atomic E-state index is 11.4. The van der Waals surface area contributed by atoms with E-state index in [9.17, 15) is 18.5 Å². The van der Waals surface area contributed by atoms with Gasteiger partial charge in [-0.15, -0.1) is 0 Å². The molecule has 0 heterocycles. The Labute approximate surface area is 102 Å². The molecule has 0 saturated heterocycles. The Balaban J connectivity index is 3.42. The molecule has 0 saturated carbocycles. The molecule has 0 aliphatic carbocycles. The number of rotatable bonds is 3. The van der Waals surface area contributed by atoms with Gasteiger partial charge in [-0.05, 0) is 19.1 Å². The van der Waals surface area contributed by atoms with Crippen LogP contribution in [-0.2, 0) is 9.84 Å². The highest BCUT2D eigenvalue weighted by atomic mass is 79.9. The molecule has 0 aromatic heterocycles. The third-order valence-corrected chi connectivity index (χ3v) is 4.30. The SMILES string of the molecule is CC(c1cc(Br)ccc1[N+](=O)[O-])S(C)(=O)=O. The van der Waals surface area contributed by atoms with E-state index < -0.39 is 20.0 Å². The Kier molecular flexibility index (Phi) is 3.69. The van der Waals surface area contributed by atoms with E-state index in [1.54, 1.807) is 0 Å². The number of benzene rings is 1. The molecule has 1 atom stereocenters. The van der Waals surface area contributed by atoms with E-state index in [1.165, 1.54) is 25.1 Å². The number of hydrogen-bond acceptors (Lipinski definition) is 4. The van der Waals surface area contributed by atoms with Crippen LogP contribution >= 0.6 is 15.9 Å². The van der Waals surface area contributed by atoms with Gasteiger partial charge in [-0.25, -0.2) is 8.42 Å². The summed E-state index contributed by atoms with van der Waals surface area (Å²) in [5, 5.41) is 9.86. The Morgan fingerprint density at radius 3 is 2.44 bits per heavy atom. The van der Waals surface area contributed by atoms with Crippen molar-refractivity contribution in [2.75, 3.05) is 6.26 Å². The zero-order valence-corrected chi connectivity index (χ0v) is 11.1. The highest BCUT2D eigenvalue weighted by Gasteiger charge is 2.25. The van der Waals surface area contributed by atoms with E-state index in [0.717, 1.165) is 6.26 Å². The van der Waals surface area contributed by atoms with Crippen LogP contribution in [0.3, 0.4) is 0 Å². The first-order valence-corrected chi connectivity index (χ1v) is 7.11. The summed E-state index contributed by atoms with van der Waals surface area (Å²) in [7, 11) is -3.35. The van der Waals surface area contributed by atoms with Crippen LogP contribution in [0.1, 0.15) is 17.7 Å². The van der Waals surface area contributed by atoms with Crippen LogP contribution in [0.5, 0.6) is 0 Å². The number of nitro groups is 1. The van der Waals surface area contributed by atoms with E-state index in [0.29, 0.717) is 4.47 Å². The van der Waals surface area contributed by atoms with Crippen molar-refractivity contribution in [1.29, 1.82) is 0 Å². The molecule has 1 aromatic carbocycles. The predicted octanol–water partition coefficient (Wildman–Crippen LogP) is 2.46. The Morgan fingerprint density at radius 1 is 1.44 bits per heavy atom. The average Bonchev–Trinajstić information content (AvgIpc) is 2.14. The quantitative estimate of drug-likeness (QED) is 0.635. The van der Waals surface area contributed by atoms with Crippen LogP contribution in [0, 0.1) is 10.1 Å². The van der Waals surface area contributed by atoms with E-state index in [4.69, 9.17) is 0 Å². The zero-order chi connectivity index (χ0) is 12.5. The lowest BCUT2D eigenvalue weighted by atomic mass is 10.1. The number of hydrogen-bond donors (Lipinski definition) is 0. The molecule has 16 heavy (non-hydrogen) atoms. The van der Waals surface area contributed by atoms with Crippen LogP contribution in [0.25, 0.3) is 0 Å². The maximum Gasteiger partial charge on any atom is 0.273 e. The molecule has 0 N–H and O–H groups in total. The fourth-order valence-electron chi connectivity index (χ4n) is 1.25. The van der Waals surface area contributed by atoms with Gasteiger partial charge < -0.3 is 0 Å². The Hall–Kier alpha value is -0.950. The van der Waals surface area contributed by atoms with Gasteiger partial charge >= 0.3 is 0 Å².